The van der Waals surface area contributed by atoms with Crippen LogP contribution in [0.5, 0.6) is 0 Å². The molecular formula is C18H24N4O3. The van der Waals surface area contributed by atoms with Crippen LogP contribution in [-0.4, -0.2) is 32.8 Å². The second-order valence-electron chi connectivity index (χ2n) is 6.68. The number of rotatable bonds is 5. The molecule has 1 aliphatic rings. The minimum atomic E-state index is -0.102. The van der Waals surface area contributed by atoms with E-state index < -0.39 is 0 Å². The zero-order chi connectivity index (χ0) is 18.0. The van der Waals surface area contributed by atoms with Gasteiger partial charge in [0.2, 0.25) is 11.8 Å². The molecule has 0 aromatic carbocycles. The van der Waals surface area contributed by atoms with Gasteiger partial charge in [-0.05, 0) is 19.1 Å². The van der Waals surface area contributed by atoms with E-state index >= 15 is 0 Å². The van der Waals surface area contributed by atoms with Crippen molar-refractivity contribution in [1.29, 1.82) is 0 Å². The zero-order valence-corrected chi connectivity index (χ0v) is 14.9. The molecule has 1 aliphatic heterocycles. The Bertz CT molecular complexity index is 748. The Labute approximate surface area is 147 Å². The Hall–Kier alpha value is -2.57. The molecule has 0 spiro atoms. The summed E-state index contributed by atoms with van der Waals surface area (Å²) in [6, 6.07) is 3.53. The molecule has 0 bridgehead atoms. The molecule has 134 valence electrons. The van der Waals surface area contributed by atoms with Crippen LogP contribution in [0.3, 0.4) is 0 Å². The van der Waals surface area contributed by atoms with Gasteiger partial charge >= 0.3 is 0 Å². The summed E-state index contributed by atoms with van der Waals surface area (Å²) in [5, 5.41) is 2.82. The van der Waals surface area contributed by atoms with Gasteiger partial charge < -0.3 is 19.2 Å². The number of imidazole rings is 1. The first kappa shape index (κ1) is 17.3. The van der Waals surface area contributed by atoms with E-state index in [1.807, 2.05) is 42.5 Å². The van der Waals surface area contributed by atoms with Crippen LogP contribution in [0.1, 0.15) is 44.1 Å². The molecule has 0 unspecified atom stereocenters. The molecule has 2 amide bonds. The Balaban J connectivity index is 1.63. The number of nitrogens with zero attached hydrogens (tertiary/aromatic N) is 3. The molecule has 7 heteroatoms. The molecule has 2 aromatic rings. The van der Waals surface area contributed by atoms with Gasteiger partial charge in [-0.25, -0.2) is 4.98 Å². The maximum Gasteiger partial charge on any atom is 0.226 e. The standard InChI is InChI=1S/C18H24N4O3/c1-12(2)18(24)22-7-6-21-11-14(20-17(21)13(22)3)9-16(23)19-10-15-5-4-8-25-15/h4-5,8,11-13H,6-7,9-10H2,1-3H3,(H,19,23)/t13-/m0/s1. The van der Waals surface area contributed by atoms with Crippen LogP contribution in [0.2, 0.25) is 0 Å². The smallest absolute Gasteiger partial charge is 0.226 e. The fourth-order valence-electron chi connectivity index (χ4n) is 3.09. The predicted octanol–water partition coefficient (Wildman–Crippen LogP) is 1.89. The summed E-state index contributed by atoms with van der Waals surface area (Å²) in [5.41, 5.74) is 0.720. The first-order valence-electron chi connectivity index (χ1n) is 8.61. The van der Waals surface area contributed by atoms with Gasteiger partial charge in [-0.15, -0.1) is 0 Å². The third-order valence-corrected chi connectivity index (χ3v) is 4.44. The minimum Gasteiger partial charge on any atom is -0.467 e. The van der Waals surface area contributed by atoms with E-state index in [1.165, 1.54) is 0 Å². The first-order valence-corrected chi connectivity index (χ1v) is 8.61. The monoisotopic (exact) mass is 344 g/mol. The highest BCUT2D eigenvalue weighted by Crippen LogP contribution is 2.26. The summed E-state index contributed by atoms with van der Waals surface area (Å²) in [4.78, 5) is 30.9. The van der Waals surface area contributed by atoms with Gasteiger partial charge in [-0.1, -0.05) is 13.8 Å². The van der Waals surface area contributed by atoms with Crippen molar-refractivity contribution in [1.82, 2.24) is 19.8 Å². The average Bonchev–Trinajstić information content (AvgIpc) is 3.22. The maximum absolute atomic E-state index is 12.3. The second kappa shape index (κ2) is 7.13. The summed E-state index contributed by atoms with van der Waals surface area (Å²) in [6.07, 6.45) is 3.71. The molecule has 7 nitrogen and oxygen atoms in total. The fraction of sp³-hybridized carbons (Fsp3) is 0.500. The summed E-state index contributed by atoms with van der Waals surface area (Å²) in [7, 11) is 0. The Morgan fingerprint density at radius 1 is 1.40 bits per heavy atom. The van der Waals surface area contributed by atoms with Crippen molar-refractivity contribution < 1.29 is 14.0 Å². The minimum absolute atomic E-state index is 0.0317. The second-order valence-corrected chi connectivity index (χ2v) is 6.68. The van der Waals surface area contributed by atoms with Crippen LogP contribution >= 0.6 is 0 Å². The van der Waals surface area contributed by atoms with Crippen LogP contribution in [0.25, 0.3) is 0 Å². The average molecular weight is 344 g/mol. The number of fused-ring (bicyclic) bond motifs is 1. The Morgan fingerprint density at radius 3 is 2.88 bits per heavy atom. The molecule has 2 aromatic heterocycles. The van der Waals surface area contributed by atoms with Crippen LogP contribution in [0.4, 0.5) is 0 Å². The highest BCUT2D eigenvalue weighted by molar-refractivity contribution is 5.79. The number of nitrogens with one attached hydrogen (secondary N) is 1. The lowest BCUT2D eigenvalue weighted by atomic mass is 10.1. The summed E-state index contributed by atoms with van der Waals surface area (Å²) in [6.45, 7) is 7.55. The van der Waals surface area contributed by atoms with E-state index in [0.29, 0.717) is 25.4 Å². The van der Waals surface area contributed by atoms with Gasteiger partial charge in [-0.3, -0.25) is 9.59 Å². The molecular weight excluding hydrogens is 320 g/mol. The van der Waals surface area contributed by atoms with E-state index in [9.17, 15) is 9.59 Å². The number of hydrogen-bond acceptors (Lipinski definition) is 4. The van der Waals surface area contributed by atoms with Crippen molar-refractivity contribution in [3.05, 3.63) is 41.9 Å². The van der Waals surface area contributed by atoms with E-state index in [-0.39, 0.29) is 30.2 Å². The van der Waals surface area contributed by atoms with Crippen molar-refractivity contribution in [2.45, 2.75) is 46.3 Å². The van der Waals surface area contributed by atoms with Crippen LogP contribution < -0.4 is 5.32 Å². The highest BCUT2D eigenvalue weighted by Gasteiger charge is 2.30. The van der Waals surface area contributed by atoms with Crippen molar-refractivity contribution in [2.75, 3.05) is 6.54 Å². The van der Waals surface area contributed by atoms with Crippen LogP contribution in [-0.2, 0) is 29.1 Å². The normalized spacial score (nSPS) is 16.8. The highest BCUT2D eigenvalue weighted by atomic mass is 16.3. The molecule has 0 aliphatic carbocycles. The molecule has 0 fully saturated rings. The van der Waals surface area contributed by atoms with Crippen molar-refractivity contribution in [3.63, 3.8) is 0 Å². The van der Waals surface area contributed by atoms with E-state index in [4.69, 9.17) is 4.42 Å². The molecule has 0 saturated heterocycles. The molecule has 0 saturated carbocycles. The third-order valence-electron chi connectivity index (χ3n) is 4.44. The van der Waals surface area contributed by atoms with Gasteiger partial charge in [0.15, 0.2) is 0 Å². The zero-order valence-electron chi connectivity index (χ0n) is 14.9. The topological polar surface area (TPSA) is 80.4 Å². The van der Waals surface area contributed by atoms with E-state index in [0.717, 1.165) is 11.5 Å². The fourth-order valence-corrected chi connectivity index (χ4v) is 3.09. The third kappa shape index (κ3) is 3.75. The van der Waals surface area contributed by atoms with Crippen molar-refractivity contribution in [3.8, 4) is 0 Å². The SMILES string of the molecule is CC(C)C(=O)N1CCn2cc(CC(=O)NCc3ccco3)nc2[C@@H]1C. The van der Waals surface area contributed by atoms with Crippen LogP contribution in [0.15, 0.2) is 29.0 Å². The molecule has 25 heavy (non-hydrogen) atoms. The van der Waals surface area contributed by atoms with Gasteiger partial charge in [0.1, 0.15) is 11.6 Å². The number of aromatic nitrogens is 2. The molecule has 3 heterocycles. The summed E-state index contributed by atoms with van der Waals surface area (Å²) in [5.74, 6) is 1.56. The largest absolute Gasteiger partial charge is 0.467 e. The molecule has 3 rings (SSSR count). The van der Waals surface area contributed by atoms with Gasteiger partial charge in [0.05, 0.1) is 31.0 Å². The molecule has 1 N–H and O–H groups in total. The lowest BCUT2D eigenvalue weighted by molar-refractivity contribution is -0.137. The number of carbonyl (C=O) groups excluding carboxylic acids is 2. The van der Waals surface area contributed by atoms with Crippen molar-refractivity contribution in [2.24, 2.45) is 5.92 Å². The first-order chi connectivity index (χ1) is 12.0. The van der Waals surface area contributed by atoms with Gasteiger partial charge in [0, 0.05) is 25.2 Å². The predicted molar refractivity (Wildman–Crippen MR) is 91.5 cm³/mol. The van der Waals surface area contributed by atoms with E-state index in [1.54, 1.807) is 12.3 Å². The van der Waals surface area contributed by atoms with Crippen molar-refractivity contribution >= 4 is 11.8 Å². The number of carbonyl (C=O) groups is 2. The Kier molecular flexibility index (Phi) is 4.92. The van der Waals surface area contributed by atoms with E-state index in [2.05, 4.69) is 10.3 Å². The Morgan fingerprint density at radius 2 is 2.20 bits per heavy atom. The summed E-state index contributed by atoms with van der Waals surface area (Å²) >= 11 is 0. The van der Waals surface area contributed by atoms with Gasteiger partial charge in [0.25, 0.3) is 0 Å². The number of furan rings is 1. The number of amides is 2. The molecule has 0 radical (unpaired) electrons. The summed E-state index contributed by atoms with van der Waals surface area (Å²) < 4.78 is 7.24. The lowest BCUT2D eigenvalue weighted by Gasteiger charge is -2.34. The quantitative estimate of drug-likeness (QED) is 0.898. The number of hydrogen-bond donors (Lipinski definition) is 1. The molecule has 1 atom stereocenters. The lowest BCUT2D eigenvalue weighted by Crippen LogP contribution is -2.42. The maximum atomic E-state index is 12.3. The van der Waals surface area contributed by atoms with Crippen LogP contribution in [0, 0.1) is 5.92 Å². The van der Waals surface area contributed by atoms with Gasteiger partial charge in [-0.2, -0.15) is 0 Å².